The summed E-state index contributed by atoms with van der Waals surface area (Å²) in [5, 5.41) is 9.30. The molecule has 0 saturated heterocycles. The van der Waals surface area contributed by atoms with Crippen LogP contribution in [0, 0.1) is 13.8 Å². The van der Waals surface area contributed by atoms with Gasteiger partial charge < -0.3 is 15.2 Å². The van der Waals surface area contributed by atoms with E-state index in [1.54, 1.807) is 19.1 Å². The molecule has 2 N–H and O–H groups in total. The van der Waals surface area contributed by atoms with E-state index < -0.39 is 16.1 Å². The van der Waals surface area contributed by atoms with E-state index in [4.69, 9.17) is 4.52 Å². The van der Waals surface area contributed by atoms with Crippen molar-refractivity contribution in [2.24, 2.45) is 0 Å². The summed E-state index contributed by atoms with van der Waals surface area (Å²) in [7, 11) is -3.61. The number of nitrogens with one attached hydrogen (secondary N) is 2. The monoisotopic (exact) mass is 440 g/mol. The van der Waals surface area contributed by atoms with Gasteiger partial charge in [0, 0.05) is 30.9 Å². The predicted octanol–water partition coefficient (Wildman–Crippen LogP) is 3.36. The fourth-order valence-corrected chi connectivity index (χ4v) is 5.05. The molecule has 4 rings (SSSR count). The highest BCUT2D eigenvalue weighted by molar-refractivity contribution is 7.89. The van der Waals surface area contributed by atoms with E-state index in [2.05, 4.69) is 15.8 Å². The van der Waals surface area contributed by atoms with Crippen LogP contribution in [0.5, 0.6) is 0 Å². The Kier molecular flexibility index (Phi) is 5.79. The highest BCUT2D eigenvalue weighted by Crippen LogP contribution is 2.25. The Morgan fingerprint density at radius 3 is 2.48 bits per heavy atom. The van der Waals surface area contributed by atoms with Crippen LogP contribution in [0.2, 0.25) is 0 Å². The van der Waals surface area contributed by atoms with E-state index in [9.17, 15) is 13.2 Å². The van der Waals surface area contributed by atoms with Crippen LogP contribution in [0.25, 0.3) is 0 Å². The van der Waals surface area contributed by atoms with E-state index in [0.29, 0.717) is 31.0 Å². The van der Waals surface area contributed by atoms with Gasteiger partial charge in [0.25, 0.3) is 0 Å². The molecule has 9 heteroatoms. The van der Waals surface area contributed by atoms with Crippen LogP contribution in [0.15, 0.2) is 57.9 Å². The van der Waals surface area contributed by atoms with Gasteiger partial charge in [-0.25, -0.2) is 13.2 Å². The zero-order chi connectivity index (χ0) is 22.0. The van der Waals surface area contributed by atoms with Crippen LogP contribution in [0.1, 0.15) is 28.1 Å². The van der Waals surface area contributed by atoms with Gasteiger partial charge in [-0.15, -0.1) is 0 Å². The van der Waals surface area contributed by atoms with Gasteiger partial charge in [0.1, 0.15) is 5.76 Å². The first-order chi connectivity index (χ1) is 14.8. The molecule has 2 heterocycles. The van der Waals surface area contributed by atoms with E-state index in [-0.39, 0.29) is 11.4 Å². The minimum Gasteiger partial charge on any atom is -0.361 e. The number of aryl methyl sites for hydroxylation is 2. The largest absolute Gasteiger partial charge is 0.361 e. The average molecular weight is 441 g/mol. The van der Waals surface area contributed by atoms with E-state index in [0.717, 1.165) is 16.8 Å². The summed E-state index contributed by atoms with van der Waals surface area (Å²) in [6.07, 6.45) is 0.695. The lowest BCUT2D eigenvalue weighted by atomic mass is 10.0. The second-order valence-corrected chi connectivity index (χ2v) is 9.43. The standard InChI is InChI=1S/C22H24N4O4S/c1-15-21(16(2)30-25-15)13-23-22(27)24-19-7-9-20(10-8-19)31(28,29)26-12-11-17-5-3-4-6-18(17)14-26/h3-10H,11-14H2,1-2H3,(H2,23,24,27). The van der Waals surface area contributed by atoms with E-state index >= 15 is 0 Å². The molecular formula is C22H24N4O4S. The van der Waals surface area contributed by atoms with Crippen LogP contribution in [0.3, 0.4) is 0 Å². The van der Waals surface area contributed by atoms with Crippen LogP contribution < -0.4 is 10.6 Å². The lowest BCUT2D eigenvalue weighted by molar-refractivity contribution is 0.251. The molecule has 0 atom stereocenters. The number of benzene rings is 2. The second kappa shape index (κ2) is 8.52. The number of rotatable bonds is 5. The number of nitrogens with zero attached hydrogens (tertiary/aromatic N) is 2. The maximum absolute atomic E-state index is 13.0. The third kappa shape index (κ3) is 4.47. The lowest BCUT2D eigenvalue weighted by Gasteiger charge is -2.28. The molecule has 0 aliphatic carbocycles. The van der Waals surface area contributed by atoms with Gasteiger partial charge in [-0.3, -0.25) is 0 Å². The third-order valence-electron chi connectivity index (χ3n) is 5.45. The molecule has 162 valence electrons. The van der Waals surface area contributed by atoms with Crippen LogP contribution in [0.4, 0.5) is 10.5 Å². The lowest BCUT2D eigenvalue weighted by Crippen LogP contribution is -2.35. The van der Waals surface area contributed by atoms with Gasteiger partial charge in [-0.2, -0.15) is 4.31 Å². The van der Waals surface area contributed by atoms with E-state index in [1.807, 2.05) is 31.2 Å². The SMILES string of the molecule is Cc1noc(C)c1CNC(=O)Nc1ccc(S(=O)(=O)N2CCc3ccccc3C2)cc1. The van der Waals surface area contributed by atoms with Gasteiger partial charge in [0.05, 0.1) is 10.6 Å². The molecule has 8 nitrogen and oxygen atoms in total. The van der Waals surface area contributed by atoms with E-state index in [1.165, 1.54) is 22.0 Å². The summed E-state index contributed by atoms with van der Waals surface area (Å²) in [5.41, 5.74) is 4.29. The highest BCUT2D eigenvalue weighted by Gasteiger charge is 2.28. The molecule has 0 unspecified atom stereocenters. The summed E-state index contributed by atoms with van der Waals surface area (Å²) in [6, 6.07) is 13.7. The minimum absolute atomic E-state index is 0.202. The van der Waals surface area contributed by atoms with Crippen molar-refractivity contribution >= 4 is 21.7 Å². The number of fused-ring (bicyclic) bond motifs is 1. The number of anilines is 1. The number of hydrogen-bond donors (Lipinski definition) is 2. The number of hydrogen-bond acceptors (Lipinski definition) is 5. The number of aromatic nitrogens is 1. The van der Waals surface area contributed by atoms with Gasteiger partial charge in [0.15, 0.2) is 0 Å². The molecule has 31 heavy (non-hydrogen) atoms. The quantitative estimate of drug-likeness (QED) is 0.633. The Hall–Kier alpha value is -3.17. The van der Waals surface area contributed by atoms with Crippen molar-refractivity contribution in [1.29, 1.82) is 0 Å². The van der Waals surface area contributed by atoms with Crippen LogP contribution in [-0.2, 0) is 29.5 Å². The fraction of sp³-hybridized carbons (Fsp3) is 0.273. The molecule has 0 fully saturated rings. The number of amides is 2. The van der Waals surface area contributed by atoms with Crippen molar-refractivity contribution in [3.63, 3.8) is 0 Å². The molecule has 3 aromatic rings. The molecule has 0 radical (unpaired) electrons. The molecule has 2 aromatic carbocycles. The Morgan fingerprint density at radius 2 is 1.81 bits per heavy atom. The molecule has 1 aliphatic heterocycles. The maximum atomic E-state index is 13.0. The van der Waals surface area contributed by atoms with Crippen molar-refractivity contribution in [2.75, 3.05) is 11.9 Å². The summed E-state index contributed by atoms with van der Waals surface area (Å²) in [5.74, 6) is 0.660. The number of carbonyl (C=O) groups excluding carboxylic acids is 1. The summed E-state index contributed by atoms with van der Waals surface area (Å²) in [4.78, 5) is 12.4. The Morgan fingerprint density at radius 1 is 1.10 bits per heavy atom. The Labute approximate surface area is 181 Å². The van der Waals surface area contributed by atoms with Crippen molar-refractivity contribution in [2.45, 2.75) is 38.3 Å². The molecule has 1 aliphatic rings. The second-order valence-electron chi connectivity index (χ2n) is 7.49. The smallest absolute Gasteiger partial charge is 0.319 e. The summed E-state index contributed by atoms with van der Waals surface area (Å²) in [6.45, 7) is 4.70. The zero-order valence-electron chi connectivity index (χ0n) is 17.4. The third-order valence-corrected chi connectivity index (χ3v) is 7.31. The molecule has 1 aromatic heterocycles. The first-order valence-electron chi connectivity index (χ1n) is 9.98. The topological polar surface area (TPSA) is 105 Å². The first kappa shape index (κ1) is 21.1. The molecule has 0 saturated carbocycles. The highest BCUT2D eigenvalue weighted by atomic mass is 32.2. The zero-order valence-corrected chi connectivity index (χ0v) is 18.2. The van der Waals surface area contributed by atoms with Crippen LogP contribution >= 0.6 is 0 Å². The van der Waals surface area contributed by atoms with Gasteiger partial charge in [-0.05, 0) is 55.7 Å². The molecule has 0 spiro atoms. The van der Waals surface area contributed by atoms with Gasteiger partial charge in [-0.1, -0.05) is 29.4 Å². The number of carbonyl (C=O) groups is 1. The Balaban J connectivity index is 1.39. The summed E-state index contributed by atoms with van der Waals surface area (Å²) < 4.78 is 32.7. The van der Waals surface area contributed by atoms with Crippen molar-refractivity contribution in [3.05, 3.63) is 76.7 Å². The summed E-state index contributed by atoms with van der Waals surface area (Å²) >= 11 is 0. The van der Waals surface area contributed by atoms with Crippen LogP contribution in [-0.4, -0.2) is 30.5 Å². The van der Waals surface area contributed by atoms with Crippen molar-refractivity contribution in [1.82, 2.24) is 14.8 Å². The molecule has 2 amide bonds. The van der Waals surface area contributed by atoms with Crippen molar-refractivity contribution in [3.8, 4) is 0 Å². The number of sulfonamides is 1. The fourth-order valence-electron chi connectivity index (χ4n) is 3.63. The average Bonchev–Trinajstić information content (AvgIpc) is 3.09. The van der Waals surface area contributed by atoms with Crippen molar-refractivity contribution < 1.29 is 17.7 Å². The normalized spacial score (nSPS) is 14.1. The van der Waals surface area contributed by atoms with Gasteiger partial charge >= 0.3 is 6.03 Å². The first-order valence-corrected chi connectivity index (χ1v) is 11.4. The molecule has 0 bridgehead atoms. The maximum Gasteiger partial charge on any atom is 0.319 e. The molecular weight excluding hydrogens is 416 g/mol. The predicted molar refractivity (Wildman–Crippen MR) is 116 cm³/mol. The minimum atomic E-state index is -3.61. The van der Waals surface area contributed by atoms with Gasteiger partial charge in [0.2, 0.25) is 10.0 Å². The Bertz CT molecular complexity index is 1180. The number of urea groups is 1.